The van der Waals surface area contributed by atoms with Crippen LogP contribution in [0.15, 0.2) is 12.2 Å². The number of halogens is 2. The average molecular weight is 347 g/mol. The first-order valence-corrected chi connectivity index (χ1v) is 8.35. The highest BCUT2D eigenvalue weighted by atomic mass is 35.5. The van der Waals surface area contributed by atoms with Crippen LogP contribution in [0.3, 0.4) is 0 Å². The Hall–Kier alpha value is -0.100. The number of carbonyl (C=O) groups is 1. The molecule has 1 heterocycles. The molecular formula is C11H17Cl2O6P. The Balaban J connectivity index is 2.55. The maximum absolute atomic E-state index is 12.1. The number of esters is 1. The fourth-order valence-electron chi connectivity index (χ4n) is 1.22. The van der Waals surface area contributed by atoms with Crippen LogP contribution in [-0.4, -0.2) is 37.2 Å². The third kappa shape index (κ3) is 4.72. The van der Waals surface area contributed by atoms with Gasteiger partial charge in [-0.05, 0) is 13.8 Å². The lowest BCUT2D eigenvalue weighted by atomic mass is 9.96. The van der Waals surface area contributed by atoms with Gasteiger partial charge in [0.15, 0.2) is 0 Å². The van der Waals surface area contributed by atoms with Crippen molar-refractivity contribution in [2.45, 2.75) is 20.1 Å². The van der Waals surface area contributed by atoms with Crippen molar-refractivity contribution in [1.29, 1.82) is 0 Å². The Kier molecular flexibility index (Phi) is 6.51. The maximum Gasteiger partial charge on any atom is 0.477 e. The van der Waals surface area contributed by atoms with Crippen molar-refractivity contribution >= 4 is 37.0 Å². The number of carbonyl (C=O) groups excluding carboxylic acids is 1. The quantitative estimate of drug-likeness (QED) is 0.242. The van der Waals surface area contributed by atoms with Gasteiger partial charge in [0.1, 0.15) is 0 Å². The van der Waals surface area contributed by atoms with Crippen molar-refractivity contribution < 1.29 is 27.7 Å². The average Bonchev–Trinajstić information content (AvgIpc) is 2.39. The first-order valence-electron chi connectivity index (χ1n) is 5.82. The van der Waals surface area contributed by atoms with Crippen LogP contribution >= 0.6 is 31.0 Å². The van der Waals surface area contributed by atoms with E-state index in [9.17, 15) is 9.36 Å². The first kappa shape index (κ1) is 18.0. The summed E-state index contributed by atoms with van der Waals surface area (Å²) in [5, 5.41) is 0. The van der Waals surface area contributed by atoms with E-state index in [2.05, 4.69) is 6.58 Å². The summed E-state index contributed by atoms with van der Waals surface area (Å²) in [6.45, 7) is 6.39. The van der Waals surface area contributed by atoms with Crippen molar-refractivity contribution in [1.82, 2.24) is 0 Å². The van der Waals surface area contributed by atoms with Gasteiger partial charge in [-0.15, -0.1) is 23.2 Å². The summed E-state index contributed by atoms with van der Waals surface area (Å²) in [5.41, 5.74) is -0.398. The molecule has 0 saturated carbocycles. The van der Waals surface area contributed by atoms with Gasteiger partial charge >= 0.3 is 13.8 Å². The second-order valence-electron chi connectivity index (χ2n) is 4.62. The fraction of sp³-hybridized carbons (Fsp3) is 0.727. The van der Waals surface area contributed by atoms with Gasteiger partial charge in [-0.1, -0.05) is 6.58 Å². The summed E-state index contributed by atoms with van der Waals surface area (Å²) in [6, 6.07) is 0. The van der Waals surface area contributed by atoms with E-state index >= 15 is 0 Å². The molecule has 0 aromatic rings. The van der Waals surface area contributed by atoms with Crippen molar-refractivity contribution in [3.8, 4) is 0 Å². The summed E-state index contributed by atoms with van der Waals surface area (Å²) in [4.78, 5) is 11.3. The third-order valence-corrected chi connectivity index (χ3v) is 5.10. The molecule has 1 unspecified atom stereocenters. The summed E-state index contributed by atoms with van der Waals surface area (Å²) < 4.78 is 32.2. The molecule has 0 aromatic carbocycles. The number of hydrogen-bond acceptors (Lipinski definition) is 6. The molecule has 0 aromatic heterocycles. The molecule has 1 aliphatic heterocycles. The molecule has 1 rings (SSSR count). The Bertz CT molecular complexity index is 409. The van der Waals surface area contributed by atoms with E-state index < -0.39 is 25.5 Å². The minimum atomic E-state index is -3.79. The van der Waals surface area contributed by atoms with E-state index in [1.165, 1.54) is 13.8 Å². The van der Waals surface area contributed by atoms with E-state index in [0.29, 0.717) is 0 Å². The minimum Gasteiger partial charge on any atom is -0.432 e. The molecule has 1 atom stereocenters. The monoisotopic (exact) mass is 346 g/mol. The zero-order chi connectivity index (χ0) is 15.4. The zero-order valence-electron chi connectivity index (χ0n) is 11.3. The van der Waals surface area contributed by atoms with Gasteiger partial charge in [-0.2, -0.15) is 0 Å². The van der Waals surface area contributed by atoms with E-state index in [4.69, 9.17) is 41.5 Å². The van der Waals surface area contributed by atoms with Gasteiger partial charge in [0.2, 0.25) is 6.29 Å². The van der Waals surface area contributed by atoms with Gasteiger partial charge in [-0.3, -0.25) is 9.05 Å². The van der Waals surface area contributed by atoms with Gasteiger partial charge in [0.05, 0.1) is 13.2 Å². The lowest BCUT2D eigenvalue weighted by Crippen LogP contribution is -2.39. The van der Waals surface area contributed by atoms with E-state index in [-0.39, 0.29) is 30.5 Å². The lowest BCUT2D eigenvalue weighted by Gasteiger charge is -2.36. The normalized spacial score (nSPS) is 22.0. The number of rotatable bonds is 6. The van der Waals surface area contributed by atoms with Gasteiger partial charge in [0.25, 0.3) is 0 Å². The van der Waals surface area contributed by atoms with Gasteiger partial charge in [-0.25, -0.2) is 13.9 Å². The van der Waals surface area contributed by atoms with Crippen LogP contribution in [0.5, 0.6) is 0 Å². The molecule has 0 spiro atoms. The molecule has 1 saturated heterocycles. The predicted molar refractivity (Wildman–Crippen MR) is 74.8 cm³/mol. The van der Waals surface area contributed by atoms with Crippen LogP contribution < -0.4 is 0 Å². The van der Waals surface area contributed by atoms with Crippen LogP contribution in [0.4, 0.5) is 0 Å². The molecule has 20 heavy (non-hydrogen) atoms. The molecule has 116 valence electrons. The maximum atomic E-state index is 12.1. The minimum absolute atomic E-state index is 0.0401. The van der Waals surface area contributed by atoms with Crippen LogP contribution in [0.25, 0.3) is 0 Å². The number of hydrogen-bond donors (Lipinski definition) is 0. The van der Waals surface area contributed by atoms with Crippen molar-refractivity contribution in [2.24, 2.45) is 5.41 Å². The highest BCUT2D eigenvalue weighted by molar-refractivity contribution is 7.48. The number of phosphoric acid groups is 1. The molecule has 1 aliphatic rings. The highest BCUT2D eigenvalue weighted by Gasteiger charge is 2.44. The molecule has 0 amide bonds. The van der Waals surface area contributed by atoms with E-state index in [1.807, 2.05) is 0 Å². The standard InChI is InChI=1S/C11H17Cl2O6P/c1-8(2)10(14)18-9(3)19-20(15)16-6-11(4-12,5-13)7-17-20/h9H,1,4-7H2,2-3H3. The summed E-state index contributed by atoms with van der Waals surface area (Å²) >= 11 is 11.6. The lowest BCUT2D eigenvalue weighted by molar-refractivity contribution is -0.160. The molecular weight excluding hydrogens is 330 g/mol. The fourth-order valence-corrected chi connectivity index (χ4v) is 3.28. The SMILES string of the molecule is C=C(C)C(=O)OC(C)OP1(=O)OCC(CCl)(CCl)CO1. The molecule has 0 N–H and O–H groups in total. The highest BCUT2D eigenvalue weighted by Crippen LogP contribution is 2.55. The summed E-state index contributed by atoms with van der Waals surface area (Å²) in [5.74, 6) is -0.245. The Labute approximate surface area is 127 Å². The van der Waals surface area contributed by atoms with E-state index in [1.54, 1.807) is 0 Å². The topological polar surface area (TPSA) is 71.1 Å². The van der Waals surface area contributed by atoms with Crippen LogP contribution in [0.1, 0.15) is 13.8 Å². The predicted octanol–water partition coefficient (Wildman–Crippen LogP) is 3.09. The number of phosphoric ester groups is 1. The van der Waals surface area contributed by atoms with Crippen LogP contribution in [0.2, 0.25) is 0 Å². The van der Waals surface area contributed by atoms with Crippen molar-refractivity contribution in [2.75, 3.05) is 25.0 Å². The molecule has 0 bridgehead atoms. The molecule has 0 aliphatic carbocycles. The summed E-state index contributed by atoms with van der Waals surface area (Å²) in [6.07, 6.45) is -1.09. The van der Waals surface area contributed by atoms with Crippen molar-refractivity contribution in [3.63, 3.8) is 0 Å². The molecule has 0 radical (unpaired) electrons. The Morgan fingerprint density at radius 1 is 1.40 bits per heavy atom. The Morgan fingerprint density at radius 3 is 2.30 bits per heavy atom. The largest absolute Gasteiger partial charge is 0.477 e. The number of ether oxygens (including phenoxy) is 1. The first-order chi connectivity index (χ1) is 9.26. The molecule has 9 heteroatoms. The van der Waals surface area contributed by atoms with Gasteiger partial charge in [0, 0.05) is 22.7 Å². The molecule has 1 fully saturated rings. The summed E-state index contributed by atoms with van der Waals surface area (Å²) in [7, 11) is -3.79. The third-order valence-electron chi connectivity index (χ3n) is 2.52. The van der Waals surface area contributed by atoms with Crippen molar-refractivity contribution in [3.05, 3.63) is 12.2 Å². The van der Waals surface area contributed by atoms with Crippen LogP contribution in [0, 0.1) is 5.41 Å². The smallest absolute Gasteiger partial charge is 0.432 e. The second-order valence-corrected chi connectivity index (χ2v) is 6.78. The zero-order valence-corrected chi connectivity index (χ0v) is 13.7. The Morgan fingerprint density at radius 2 is 1.90 bits per heavy atom. The van der Waals surface area contributed by atoms with Gasteiger partial charge < -0.3 is 4.74 Å². The van der Waals surface area contributed by atoms with E-state index in [0.717, 1.165) is 0 Å². The second kappa shape index (κ2) is 7.25. The van der Waals surface area contributed by atoms with Crippen LogP contribution in [-0.2, 0) is 27.7 Å². The number of alkyl halides is 2. The molecule has 6 nitrogen and oxygen atoms in total.